The number of halogens is 4. The molecule has 2 rings (SSSR count). The molecule has 0 aliphatic rings. The number of oxime groups is 1. The molecule has 0 aliphatic carbocycles. The number of thiocarbonyl (C=S) groups is 1. The van der Waals surface area contributed by atoms with E-state index in [9.17, 15) is 21.6 Å². The topological polar surface area (TPSA) is 89.7 Å². The third-order valence-corrected chi connectivity index (χ3v) is 6.18. The molecular formula is C17H19ClF3N5O3S2. The molecule has 0 spiro atoms. The highest BCUT2D eigenvalue weighted by molar-refractivity contribution is 7.92. The van der Waals surface area contributed by atoms with Crippen LogP contribution in [0.4, 0.5) is 18.9 Å². The second kappa shape index (κ2) is 10.4. The van der Waals surface area contributed by atoms with Crippen LogP contribution < -0.4 is 4.90 Å². The van der Waals surface area contributed by atoms with Gasteiger partial charge in [-0.2, -0.15) is 18.3 Å². The molecule has 0 bridgehead atoms. The molecular weight excluding hydrogens is 479 g/mol. The maximum Gasteiger partial charge on any atom is 0.390 e. The highest BCUT2D eigenvalue weighted by Gasteiger charge is 2.32. The molecule has 0 fully saturated rings. The van der Waals surface area contributed by atoms with Crippen LogP contribution in [-0.4, -0.2) is 65.2 Å². The predicted molar refractivity (Wildman–Crippen MR) is 116 cm³/mol. The Labute approximate surface area is 187 Å². The SMILES string of the molecule is CCN(C(=S)C(CS(=O)(=O)CCC(F)(F)F)=NOC)c1cn(-c2cccnc2)nc1Cl. The molecule has 2 aromatic rings. The first-order valence-electron chi connectivity index (χ1n) is 8.82. The summed E-state index contributed by atoms with van der Waals surface area (Å²) in [6.07, 6.45) is -1.35. The standard InChI is InChI=1S/C17H19ClF3N5O3S2/c1-3-25(14-10-26(23-15(14)18)12-5-4-7-22-9-12)16(30)13(24-29-2)11-31(27,28)8-6-17(19,20)21/h4-5,7,9-10H,3,6,8,11H2,1-2H3. The summed E-state index contributed by atoms with van der Waals surface area (Å²) in [5.74, 6) is -1.91. The zero-order chi connectivity index (χ0) is 23.2. The van der Waals surface area contributed by atoms with Crippen LogP contribution in [0.25, 0.3) is 5.69 Å². The summed E-state index contributed by atoms with van der Waals surface area (Å²) in [6, 6.07) is 3.46. The molecule has 31 heavy (non-hydrogen) atoms. The van der Waals surface area contributed by atoms with Crippen LogP contribution in [0.15, 0.2) is 35.9 Å². The first kappa shape index (κ1) is 25.0. The zero-order valence-electron chi connectivity index (χ0n) is 16.5. The number of aromatic nitrogens is 3. The zero-order valence-corrected chi connectivity index (χ0v) is 18.9. The van der Waals surface area contributed by atoms with Crippen molar-refractivity contribution in [3.63, 3.8) is 0 Å². The van der Waals surface area contributed by atoms with E-state index in [1.807, 2.05) is 0 Å². The average Bonchev–Trinajstić information content (AvgIpc) is 3.08. The van der Waals surface area contributed by atoms with Crippen LogP contribution in [-0.2, 0) is 14.7 Å². The lowest BCUT2D eigenvalue weighted by atomic mass is 10.3. The molecule has 0 saturated heterocycles. The minimum Gasteiger partial charge on any atom is -0.399 e. The van der Waals surface area contributed by atoms with E-state index in [0.29, 0.717) is 11.4 Å². The molecule has 0 N–H and O–H groups in total. The van der Waals surface area contributed by atoms with Gasteiger partial charge in [-0.1, -0.05) is 29.0 Å². The van der Waals surface area contributed by atoms with Crippen molar-refractivity contribution in [3.8, 4) is 5.69 Å². The summed E-state index contributed by atoms with van der Waals surface area (Å²) in [7, 11) is -2.98. The van der Waals surface area contributed by atoms with Gasteiger partial charge in [-0.3, -0.25) is 4.98 Å². The number of rotatable bonds is 9. The first-order valence-corrected chi connectivity index (χ1v) is 11.4. The van der Waals surface area contributed by atoms with Gasteiger partial charge in [-0.15, -0.1) is 0 Å². The van der Waals surface area contributed by atoms with Gasteiger partial charge in [0.2, 0.25) is 0 Å². The third-order valence-electron chi connectivity index (χ3n) is 3.92. The van der Waals surface area contributed by atoms with Gasteiger partial charge in [-0.05, 0) is 19.1 Å². The maximum absolute atomic E-state index is 12.4. The van der Waals surface area contributed by atoms with E-state index in [1.54, 1.807) is 37.6 Å². The Morgan fingerprint density at radius 2 is 2.13 bits per heavy atom. The Hall–Kier alpha value is -2.25. The molecule has 14 heteroatoms. The number of hydrogen-bond acceptors (Lipinski definition) is 7. The summed E-state index contributed by atoms with van der Waals surface area (Å²) in [6.45, 7) is 1.98. The monoisotopic (exact) mass is 497 g/mol. The lowest BCUT2D eigenvalue weighted by Gasteiger charge is -2.23. The van der Waals surface area contributed by atoms with E-state index in [4.69, 9.17) is 23.8 Å². The first-order chi connectivity index (χ1) is 14.5. The molecule has 0 aliphatic heterocycles. The van der Waals surface area contributed by atoms with Crippen LogP contribution in [0.3, 0.4) is 0 Å². The molecule has 0 saturated carbocycles. The van der Waals surface area contributed by atoms with E-state index in [2.05, 4.69) is 20.1 Å². The van der Waals surface area contributed by atoms with Gasteiger partial charge in [0.15, 0.2) is 15.0 Å². The molecule has 0 aromatic carbocycles. The van der Waals surface area contributed by atoms with Gasteiger partial charge in [0, 0.05) is 12.7 Å². The van der Waals surface area contributed by atoms with E-state index in [0.717, 1.165) is 0 Å². The van der Waals surface area contributed by atoms with Crippen LogP contribution >= 0.6 is 23.8 Å². The summed E-state index contributed by atoms with van der Waals surface area (Å²) in [5.41, 5.74) is 0.763. The van der Waals surface area contributed by atoms with E-state index in [-0.39, 0.29) is 22.4 Å². The van der Waals surface area contributed by atoms with Crippen molar-refractivity contribution < 1.29 is 26.4 Å². The van der Waals surface area contributed by atoms with Crippen molar-refractivity contribution in [1.29, 1.82) is 0 Å². The minimum atomic E-state index is -4.60. The van der Waals surface area contributed by atoms with Crippen molar-refractivity contribution >= 4 is 50.0 Å². The van der Waals surface area contributed by atoms with Gasteiger partial charge >= 0.3 is 6.18 Å². The Morgan fingerprint density at radius 3 is 2.68 bits per heavy atom. The average molecular weight is 498 g/mol. The smallest absolute Gasteiger partial charge is 0.390 e. The fraction of sp³-hybridized carbons (Fsp3) is 0.412. The van der Waals surface area contributed by atoms with Crippen LogP contribution in [0.1, 0.15) is 13.3 Å². The van der Waals surface area contributed by atoms with E-state index >= 15 is 0 Å². The van der Waals surface area contributed by atoms with Crippen molar-refractivity contribution in [2.45, 2.75) is 19.5 Å². The maximum atomic E-state index is 12.4. The molecule has 0 unspecified atom stereocenters. The molecule has 170 valence electrons. The van der Waals surface area contributed by atoms with E-state index < -0.39 is 33.9 Å². The van der Waals surface area contributed by atoms with Crippen LogP contribution in [0.5, 0.6) is 0 Å². The van der Waals surface area contributed by atoms with E-state index in [1.165, 1.54) is 16.7 Å². The summed E-state index contributed by atoms with van der Waals surface area (Å²) in [4.78, 5) is 10.1. The van der Waals surface area contributed by atoms with Gasteiger partial charge in [0.1, 0.15) is 23.5 Å². The lowest BCUT2D eigenvalue weighted by molar-refractivity contribution is -0.129. The van der Waals surface area contributed by atoms with Crippen molar-refractivity contribution in [2.75, 3.05) is 30.1 Å². The molecule has 2 aromatic heterocycles. The third kappa shape index (κ3) is 7.14. The summed E-state index contributed by atoms with van der Waals surface area (Å²) in [5, 5.41) is 7.90. The lowest BCUT2D eigenvalue weighted by Crippen LogP contribution is -2.39. The Kier molecular flexibility index (Phi) is 8.37. The number of anilines is 1. The van der Waals surface area contributed by atoms with Crippen molar-refractivity contribution in [3.05, 3.63) is 35.9 Å². The van der Waals surface area contributed by atoms with Crippen LogP contribution in [0.2, 0.25) is 5.15 Å². The fourth-order valence-corrected chi connectivity index (χ4v) is 4.47. The number of hydrogen-bond donors (Lipinski definition) is 0. The minimum absolute atomic E-state index is 0.0624. The fourth-order valence-electron chi connectivity index (χ4n) is 2.51. The van der Waals surface area contributed by atoms with Crippen molar-refractivity contribution in [2.24, 2.45) is 5.16 Å². The van der Waals surface area contributed by atoms with Crippen LogP contribution in [0, 0.1) is 0 Å². The van der Waals surface area contributed by atoms with Crippen molar-refractivity contribution in [1.82, 2.24) is 14.8 Å². The second-order valence-electron chi connectivity index (χ2n) is 6.19. The van der Waals surface area contributed by atoms with Gasteiger partial charge in [-0.25, -0.2) is 13.1 Å². The Morgan fingerprint density at radius 1 is 1.42 bits per heavy atom. The van der Waals surface area contributed by atoms with Gasteiger partial charge < -0.3 is 9.74 Å². The number of pyridine rings is 1. The largest absolute Gasteiger partial charge is 0.399 e. The molecule has 0 radical (unpaired) electrons. The number of nitrogens with zero attached hydrogens (tertiary/aromatic N) is 5. The second-order valence-corrected chi connectivity index (χ2v) is 9.12. The number of alkyl halides is 3. The quantitative estimate of drug-likeness (QED) is 0.298. The predicted octanol–water partition coefficient (Wildman–Crippen LogP) is 3.44. The Bertz CT molecular complexity index is 1040. The molecule has 2 heterocycles. The molecule has 0 amide bonds. The van der Waals surface area contributed by atoms with Gasteiger partial charge in [0.25, 0.3) is 0 Å². The van der Waals surface area contributed by atoms with Gasteiger partial charge in [0.05, 0.1) is 36.0 Å². The molecule has 8 nitrogen and oxygen atoms in total. The summed E-state index contributed by atoms with van der Waals surface area (Å²) < 4.78 is 63.2. The highest BCUT2D eigenvalue weighted by Crippen LogP contribution is 2.27. The Balaban J connectivity index is 2.30. The summed E-state index contributed by atoms with van der Waals surface area (Å²) >= 11 is 11.6. The normalized spacial score (nSPS) is 12.6. The number of sulfone groups is 1. The highest BCUT2D eigenvalue weighted by atomic mass is 35.5. The molecule has 0 atom stereocenters.